The van der Waals surface area contributed by atoms with Crippen molar-refractivity contribution in [2.45, 2.75) is 37.5 Å². The van der Waals surface area contributed by atoms with Gasteiger partial charge in [0.2, 0.25) is 5.91 Å². The number of anilines is 1. The van der Waals surface area contributed by atoms with Gasteiger partial charge in [-0.2, -0.15) is 0 Å². The van der Waals surface area contributed by atoms with Crippen molar-refractivity contribution in [2.24, 2.45) is 0 Å². The number of rotatable bonds is 5. The first-order chi connectivity index (χ1) is 10.1. The Morgan fingerprint density at radius 2 is 2.24 bits per heavy atom. The Balaban J connectivity index is 1.99. The highest BCUT2D eigenvalue weighted by Gasteiger charge is 2.18. The second kappa shape index (κ2) is 7.50. The van der Waals surface area contributed by atoms with E-state index in [1.54, 1.807) is 0 Å². The monoisotopic (exact) mass is 308 g/mol. The number of carbonyl (C=O) groups is 1. The third-order valence-electron chi connectivity index (χ3n) is 3.56. The normalized spacial score (nSPS) is 14.7. The van der Waals surface area contributed by atoms with E-state index >= 15 is 0 Å². The molecule has 3 nitrogen and oxygen atoms in total. The second-order valence-electron chi connectivity index (χ2n) is 5.05. The maximum absolute atomic E-state index is 13.2. The molecule has 5 heteroatoms. The molecule has 0 unspecified atom stereocenters. The molecule has 21 heavy (non-hydrogen) atoms. The van der Waals surface area contributed by atoms with E-state index in [9.17, 15) is 9.18 Å². The quantitative estimate of drug-likeness (QED) is 0.664. The Morgan fingerprint density at radius 3 is 2.90 bits per heavy atom. The highest BCUT2D eigenvalue weighted by molar-refractivity contribution is 8.00. The first-order valence-electron chi connectivity index (χ1n) is 7.29. The lowest BCUT2D eigenvalue weighted by Crippen LogP contribution is -2.32. The van der Waals surface area contributed by atoms with Gasteiger partial charge in [-0.15, -0.1) is 11.8 Å². The number of nitrogens with two attached hydrogens (primary N) is 1. The Morgan fingerprint density at radius 1 is 1.43 bits per heavy atom. The predicted octanol–water partition coefficient (Wildman–Crippen LogP) is 3.81. The van der Waals surface area contributed by atoms with Crippen LogP contribution in [0.4, 0.5) is 10.1 Å². The van der Waals surface area contributed by atoms with Crippen LogP contribution in [0.1, 0.15) is 32.6 Å². The summed E-state index contributed by atoms with van der Waals surface area (Å²) in [5.41, 5.74) is 7.44. The molecular formula is C16H21FN2OS. The molecule has 0 radical (unpaired) electrons. The van der Waals surface area contributed by atoms with Gasteiger partial charge in [0.25, 0.3) is 0 Å². The lowest BCUT2D eigenvalue weighted by molar-refractivity contribution is -0.126. The van der Waals surface area contributed by atoms with Crippen LogP contribution >= 0.6 is 11.8 Å². The molecule has 1 aliphatic rings. The zero-order valence-corrected chi connectivity index (χ0v) is 13.1. The van der Waals surface area contributed by atoms with Crippen LogP contribution in [0, 0.1) is 5.82 Å². The molecular weight excluding hydrogens is 287 g/mol. The first-order valence-corrected chi connectivity index (χ1v) is 8.27. The summed E-state index contributed by atoms with van der Waals surface area (Å²) in [6, 6.07) is 4.24. The molecule has 1 amide bonds. The lowest BCUT2D eigenvalue weighted by Gasteiger charge is -2.26. The van der Waals surface area contributed by atoms with Crippen molar-refractivity contribution in [3.63, 3.8) is 0 Å². The number of halogens is 1. The molecule has 0 fully saturated rings. The van der Waals surface area contributed by atoms with Crippen molar-refractivity contribution >= 4 is 23.4 Å². The molecule has 0 aromatic heterocycles. The van der Waals surface area contributed by atoms with Gasteiger partial charge in [0.1, 0.15) is 5.82 Å². The van der Waals surface area contributed by atoms with Gasteiger partial charge in [-0.1, -0.05) is 6.08 Å². The van der Waals surface area contributed by atoms with Crippen LogP contribution in [0.25, 0.3) is 0 Å². The molecule has 2 rings (SSSR count). The van der Waals surface area contributed by atoms with Gasteiger partial charge in [-0.3, -0.25) is 4.79 Å². The minimum atomic E-state index is -0.332. The van der Waals surface area contributed by atoms with Crippen molar-refractivity contribution < 1.29 is 9.18 Å². The zero-order valence-electron chi connectivity index (χ0n) is 12.3. The molecule has 1 aromatic carbocycles. The highest BCUT2D eigenvalue weighted by atomic mass is 32.2. The number of nitrogens with zero attached hydrogens (tertiary/aromatic N) is 1. The van der Waals surface area contributed by atoms with Crippen molar-refractivity contribution in [3.05, 3.63) is 35.8 Å². The molecule has 0 bridgehead atoms. The van der Waals surface area contributed by atoms with E-state index in [1.807, 2.05) is 11.8 Å². The molecule has 114 valence electrons. The summed E-state index contributed by atoms with van der Waals surface area (Å²) in [6.07, 6.45) is 6.50. The average Bonchev–Trinajstić information content (AvgIpc) is 2.50. The fraction of sp³-hybridized carbons (Fsp3) is 0.438. The maximum atomic E-state index is 13.2. The largest absolute Gasteiger partial charge is 0.398 e. The fourth-order valence-electron chi connectivity index (χ4n) is 2.46. The van der Waals surface area contributed by atoms with Crippen molar-refractivity contribution in [2.75, 3.05) is 18.0 Å². The number of hydrogen-bond acceptors (Lipinski definition) is 3. The summed E-state index contributed by atoms with van der Waals surface area (Å²) in [5, 5.41) is 0. The van der Waals surface area contributed by atoms with E-state index in [-0.39, 0.29) is 17.5 Å². The van der Waals surface area contributed by atoms with Crippen LogP contribution in [0.5, 0.6) is 0 Å². The Hall–Kier alpha value is -1.49. The van der Waals surface area contributed by atoms with E-state index in [0.717, 1.165) is 25.0 Å². The van der Waals surface area contributed by atoms with E-state index < -0.39 is 0 Å². The van der Waals surface area contributed by atoms with Crippen LogP contribution < -0.4 is 5.73 Å². The minimum Gasteiger partial charge on any atom is -0.398 e. The number of carbonyl (C=O) groups excluding carboxylic acids is 1. The van der Waals surface area contributed by atoms with Crippen molar-refractivity contribution in [1.29, 1.82) is 0 Å². The molecule has 0 spiro atoms. The van der Waals surface area contributed by atoms with Crippen molar-refractivity contribution in [3.8, 4) is 0 Å². The molecule has 1 aromatic rings. The number of nitrogen functional groups attached to an aromatic ring is 1. The zero-order chi connectivity index (χ0) is 15.2. The Bertz CT molecular complexity index is 545. The Labute approximate surface area is 129 Å². The van der Waals surface area contributed by atoms with Crippen molar-refractivity contribution in [1.82, 2.24) is 4.90 Å². The van der Waals surface area contributed by atoms with Crippen LogP contribution in [0.3, 0.4) is 0 Å². The number of benzene rings is 1. The molecule has 2 N–H and O–H groups in total. The summed E-state index contributed by atoms with van der Waals surface area (Å²) >= 11 is 1.29. The predicted molar refractivity (Wildman–Crippen MR) is 85.5 cm³/mol. The van der Waals surface area contributed by atoms with Gasteiger partial charge in [-0.05, 0) is 50.8 Å². The summed E-state index contributed by atoms with van der Waals surface area (Å²) in [6.45, 7) is 2.65. The fourth-order valence-corrected chi connectivity index (χ4v) is 3.32. The van der Waals surface area contributed by atoms with E-state index in [4.69, 9.17) is 5.73 Å². The van der Waals surface area contributed by atoms with Gasteiger partial charge < -0.3 is 10.6 Å². The lowest BCUT2D eigenvalue weighted by atomic mass is 10.0. The molecule has 1 aliphatic carbocycles. The number of hydrogen-bond donors (Lipinski definition) is 1. The highest BCUT2D eigenvalue weighted by Crippen LogP contribution is 2.27. The SMILES string of the molecule is CCN(C(=O)CSc1cc(F)ccc1N)C1=CCCCC1. The molecule has 0 saturated carbocycles. The first kappa shape index (κ1) is 15.9. The number of amides is 1. The van der Waals surface area contributed by atoms with E-state index in [2.05, 4.69) is 6.08 Å². The van der Waals surface area contributed by atoms with Gasteiger partial charge >= 0.3 is 0 Å². The van der Waals surface area contributed by atoms with Gasteiger partial charge in [0, 0.05) is 22.8 Å². The molecule has 0 atom stereocenters. The smallest absolute Gasteiger partial charge is 0.237 e. The third-order valence-corrected chi connectivity index (χ3v) is 4.61. The molecule has 0 heterocycles. The van der Waals surface area contributed by atoms with Gasteiger partial charge in [0.05, 0.1) is 5.75 Å². The van der Waals surface area contributed by atoms with Gasteiger partial charge in [0.15, 0.2) is 0 Å². The summed E-state index contributed by atoms with van der Waals surface area (Å²) in [5.74, 6) is -0.000420. The van der Waals surface area contributed by atoms with E-state index in [1.165, 1.54) is 36.4 Å². The topological polar surface area (TPSA) is 46.3 Å². The van der Waals surface area contributed by atoms with Crippen LogP contribution in [0.15, 0.2) is 34.9 Å². The van der Waals surface area contributed by atoms with E-state index in [0.29, 0.717) is 17.1 Å². The maximum Gasteiger partial charge on any atom is 0.237 e. The number of thioether (sulfide) groups is 1. The summed E-state index contributed by atoms with van der Waals surface area (Å²) in [7, 11) is 0. The number of allylic oxidation sites excluding steroid dienone is 2. The minimum absolute atomic E-state index is 0.0549. The molecule has 0 saturated heterocycles. The summed E-state index contributed by atoms with van der Waals surface area (Å²) < 4.78 is 13.2. The van der Waals surface area contributed by atoms with Crippen LogP contribution in [0.2, 0.25) is 0 Å². The third kappa shape index (κ3) is 4.24. The second-order valence-corrected chi connectivity index (χ2v) is 6.07. The van der Waals surface area contributed by atoms with Crippen LogP contribution in [-0.2, 0) is 4.79 Å². The Kier molecular flexibility index (Phi) is 5.67. The summed E-state index contributed by atoms with van der Waals surface area (Å²) in [4.78, 5) is 14.8. The molecule has 0 aliphatic heterocycles. The average molecular weight is 308 g/mol. The van der Waals surface area contributed by atoms with Gasteiger partial charge in [-0.25, -0.2) is 4.39 Å². The standard InChI is InChI=1S/C16H21FN2OS/c1-2-19(13-6-4-3-5-7-13)16(20)11-21-15-10-12(17)8-9-14(15)18/h6,8-10H,2-5,7,11,18H2,1H3. The van der Waals surface area contributed by atoms with Crippen LogP contribution in [-0.4, -0.2) is 23.1 Å².